The molecule has 3 aliphatic rings. The molecule has 2 saturated carbocycles. The van der Waals surface area contributed by atoms with E-state index in [2.05, 4.69) is 17.0 Å². The minimum atomic E-state index is -4.33. The first kappa shape index (κ1) is 25.1. The molecule has 2 atom stereocenters. The van der Waals surface area contributed by atoms with E-state index in [1.807, 2.05) is 43.9 Å². The number of amides is 1. The molecular weight excluding hydrogens is 465 g/mol. The van der Waals surface area contributed by atoms with Crippen molar-refractivity contribution >= 4 is 6.09 Å². The van der Waals surface area contributed by atoms with Gasteiger partial charge in [0.2, 0.25) is 0 Å². The Balaban J connectivity index is 1.29. The van der Waals surface area contributed by atoms with Crippen LogP contribution in [0.15, 0.2) is 48.5 Å². The molecule has 36 heavy (non-hydrogen) atoms. The van der Waals surface area contributed by atoms with Crippen LogP contribution >= 0.6 is 0 Å². The van der Waals surface area contributed by atoms with E-state index in [1.165, 1.54) is 17.7 Å². The molecule has 2 aliphatic carbocycles. The summed E-state index contributed by atoms with van der Waals surface area (Å²) in [6, 6.07) is 14.5. The fourth-order valence-electron chi connectivity index (χ4n) is 5.53. The van der Waals surface area contributed by atoms with Crippen LogP contribution in [0.4, 0.5) is 18.0 Å². The maximum atomic E-state index is 13.3. The van der Waals surface area contributed by atoms with Gasteiger partial charge in [0.15, 0.2) is 0 Å². The number of halogens is 3. The van der Waals surface area contributed by atoms with Gasteiger partial charge >= 0.3 is 12.3 Å². The van der Waals surface area contributed by atoms with Gasteiger partial charge in [-0.25, -0.2) is 4.79 Å². The summed E-state index contributed by atoms with van der Waals surface area (Å²) >= 11 is 0. The molecule has 0 radical (unpaired) electrons. The summed E-state index contributed by atoms with van der Waals surface area (Å²) in [6.45, 7) is 8.41. The zero-order valence-electron chi connectivity index (χ0n) is 21.3. The van der Waals surface area contributed by atoms with Gasteiger partial charge in [0.25, 0.3) is 0 Å². The topological polar surface area (TPSA) is 32.8 Å². The molecule has 5 rings (SSSR count). The van der Waals surface area contributed by atoms with Gasteiger partial charge in [-0.15, -0.1) is 0 Å². The SMILES string of the molecule is CC(C)(C)OC(=O)N(CC1(CN2CCc3ccc(C(F)(F)F)cc3C2)CC1)C1CC1c1ccccc1. The zero-order chi connectivity index (χ0) is 25.7. The van der Waals surface area contributed by atoms with E-state index >= 15 is 0 Å². The van der Waals surface area contributed by atoms with Gasteiger partial charge in [0.1, 0.15) is 5.60 Å². The number of nitrogens with zero attached hydrogens (tertiary/aromatic N) is 2. The Labute approximate surface area is 211 Å². The molecule has 1 amide bonds. The fraction of sp³-hybridized carbons (Fsp3) is 0.552. The van der Waals surface area contributed by atoms with Gasteiger partial charge in [0, 0.05) is 43.6 Å². The van der Waals surface area contributed by atoms with Crippen LogP contribution in [-0.2, 0) is 23.9 Å². The molecule has 0 bridgehead atoms. The quantitative estimate of drug-likeness (QED) is 0.446. The zero-order valence-corrected chi connectivity index (χ0v) is 21.3. The molecule has 0 N–H and O–H groups in total. The van der Waals surface area contributed by atoms with E-state index in [0.717, 1.165) is 49.9 Å². The van der Waals surface area contributed by atoms with Crippen LogP contribution in [0.1, 0.15) is 68.2 Å². The molecular formula is C29H35F3N2O2. The highest BCUT2D eigenvalue weighted by molar-refractivity contribution is 5.69. The molecule has 2 aromatic rings. The van der Waals surface area contributed by atoms with Crippen molar-refractivity contribution in [3.63, 3.8) is 0 Å². The first-order valence-electron chi connectivity index (χ1n) is 12.9. The largest absolute Gasteiger partial charge is 0.444 e. The molecule has 4 nitrogen and oxygen atoms in total. The number of hydrogen-bond acceptors (Lipinski definition) is 3. The molecule has 0 saturated heterocycles. The fourth-order valence-corrected chi connectivity index (χ4v) is 5.53. The Morgan fingerprint density at radius 2 is 1.81 bits per heavy atom. The molecule has 1 heterocycles. The monoisotopic (exact) mass is 500 g/mol. The third-order valence-electron chi connectivity index (χ3n) is 7.66. The van der Waals surface area contributed by atoms with Crippen LogP contribution < -0.4 is 0 Å². The molecule has 7 heteroatoms. The number of fused-ring (bicyclic) bond motifs is 1. The Morgan fingerprint density at radius 1 is 1.08 bits per heavy atom. The molecule has 0 aromatic heterocycles. The minimum Gasteiger partial charge on any atom is -0.444 e. The van der Waals surface area contributed by atoms with Crippen molar-refractivity contribution in [2.75, 3.05) is 19.6 Å². The van der Waals surface area contributed by atoms with Crippen molar-refractivity contribution in [3.05, 3.63) is 70.8 Å². The van der Waals surface area contributed by atoms with E-state index in [0.29, 0.717) is 19.0 Å². The summed E-state index contributed by atoms with van der Waals surface area (Å²) in [4.78, 5) is 17.5. The van der Waals surface area contributed by atoms with Crippen LogP contribution in [0.5, 0.6) is 0 Å². The second-order valence-electron chi connectivity index (χ2n) is 11.9. The van der Waals surface area contributed by atoms with E-state index in [1.54, 1.807) is 6.07 Å². The van der Waals surface area contributed by atoms with Crippen molar-refractivity contribution in [2.24, 2.45) is 5.41 Å². The molecule has 2 fully saturated rings. The Morgan fingerprint density at radius 3 is 2.44 bits per heavy atom. The Kier molecular flexibility index (Phi) is 6.34. The average Bonchev–Trinajstić information content (AvgIpc) is 3.72. The number of hydrogen-bond donors (Lipinski definition) is 0. The summed E-state index contributed by atoms with van der Waals surface area (Å²) in [7, 11) is 0. The molecule has 2 aromatic carbocycles. The number of carbonyl (C=O) groups excluding carboxylic acids is 1. The first-order chi connectivity index (χ1) is 16.9. The lowest BCUT2D eigenvalue weighted by Gasteiger charge is -2.35. The highest BCUT2D eigenvalue weighted by Crippen LogP contribution is 2.52. The minimum absolute atomic E-state index is 0.0279. The number of alkyl halides is 3. The maximum absolute atomic E-state index is 13.3. The van der Waals surface area contributed by atoms with Crippen molar-refractivity contribution < 1.29 is 22.7 Å². The van der Waals surface area contributed by atoms with Crippen LogP contribution in [0, 0.1) is 5.41 Å². The maximum Gasteiger partial charge on any atom is 0.416 e. The normalized spacial score (nSPS) is 23.1. The highest BCUT2D eigenvalue weighted by atomic mass is 19.4. The molecule has 0 spiro atoms. The highest BCUT2D eigenvalue weighted by Gasteiger charge is 2.52. The third kappa shape index (κ3) is 5.72. The molecule has 1 aliphatic heterocycles. The van der Waals surface area contributed by atoms with Crippen LogP contribution in [0.25, 0.3) is 0 Å². The van der Waals surface area contributed by atoms with Gasteiger partial charge in [-0.2, -0.15) is 13.2 Å². The molecule has 2 unspecified atom stereocenters. The van der Waals surface area contributed by atoms with Gasteiger partial charge in [-0.05, 0) is 75.3 Å². The lowest BCUT2D eigenvalue weighted by molar-refractivity contribution is -0.137. The third-order valence-corrected chi connectivity index (χ3v) is 7.66. The average molecular weight is 501 g/mol. The second kappa shape index (κ2) is 9.09. The van der Waals surface area contributed by atoms with Gasteiger partial charge < -0.3 is 9.64 Å². The summed E-state index contributed by atoms with van der Waals surface area (Å²) in [5.74, 6) is 0.317. The van der Waals surface area contributed by atoms with Crippen LogP contribution in [0.3, 0.4) is 0 Å². The number of carbonyl (C=O) groups is 1. The van der Waals surface area contributed by atoms with Crippen molar-refractivity contribution in [1.82, 2.24) is 9.80 Å². The number of benzene rings is 2. The van der Waals surface area contributed by atoms with E-state index in [4.69, 9.17) is 4.74 Å². The second-order valence-corrected chi connectivity index (χ2v) is 11.9. The van der Waals surface area contributed by atoms with Gasteiger partial charge in [-0.1, -0.05) is 36.4 Å². The summed E-state index contributed by atoms with van der Waals surface area (Å²) in [5.41, 5.74) is 1.83. The first-order valence-corrected chi connectivity index (χ1v) is 12.9. The van der Waals surface area contributed by atoms with Gasteiger partial charge in [0.05, 0.1) is 5.56 Å². The summed E-state index contributed by atoms with van der Waals surface area (Å²) < 4.78 is 45.5. The van der Waals surface area contributed by atoms with Gasteiger partial charge in [-0.3, -0.25) is 4.90 Å². The summed E-state index contributed by atoms with van der Waals surface area (Å²) in [5, 5.41) is 0. The van der Waals surface area contributed by atoms with Crippen LogP contribution in [0.2, 0.25) is 0 Å². The number of rotatable bonds is 6. The predicted molar refractivity (Wildman–Crippen MR) is 133 cm³/mol. The standard InChI is InChI=1S/C29H35F3N2O2/c1-27(2,3)36-26(35)34(25-16-24(25)21-7-5-4-6-8-21)19-28(12-13-28)18-33-14-11-20-9-10-23(29(30,31)32)15-22(20)17-33/h4-10,15,24-25H,11-14,16-19H2,1-3H3. The Bertz CT molecular complexity index is 1110. The van der Waals surface area contributed by atoms with Crippen molar-refractivity contribution in [3.8, 4) is 0 Å². The number of ether oxygens (including phenoxy) is 1. The lowest BCUT2D eigenvalue weighted by Crippen LogP contribution is -2.45. The van der Waals surface area contributed by atoms with Crippen LogP contribution in [-0.4, -0.2) is 47.2 Å². The summed E-state index contributed by atoms with van der Waals surface area (Å²) in [6.07, 6.45) is -0.893. The Hall–Kier alpha value is -2.54. The van der Waals surface area contributed by atoms with E-state index < -0.39 is 17.3 Å². The van der Waals surface area contributed by atoms with Crippen molar-refractivity contribution in [2.45, 2.75) is 76.7 Å². The lowest BCUT2D eigenvalue weighted by atomic mass is 9.95. The van der Waals surface area contributed by atoms with E-state index in [9.17, 15) is 18.0 Å². The van der Waals surface area contributed by atoms with Crippen molar-refractivity contribution in [1.29, 1.82) is 0 Å². The predicted octanol–water partition coefficient (Wildman–Crippen LogP) is 6.64. The molecule has 194 valence electrons. The smallest absolute Gasteiger partial charge is 0.416 e. The van der Waals surface area contributed by atoms with E-state index in [-0.39, 0.29) is 17.6 Å².